The van der Waals surface area contributed by atoms with E-state index in [4.69, 9.17) is 21.1 Å². The lowest BCUT2D eigenvalue weighted by Gasteiger charge is -2.11. The zero-order valence-corrected chi connectivity index (χ0v) is 15.9. The second-order valence-corrected chi connectivity index (χ2v) is 6.23. The van der Waals surface area contributed by atoms with Crippen molar-refractivity contribution < 1.29 is 9.47 Å². The summed E-state index contributed by atoms with van der Waals surface area (Å²) >= 11 is 5.91. The molecule has 0 spiro atoms. The average molecular weight is 386 g/mol. The quantitative estimate of drug-likeness (QED) is 0.673. The molecular formula is C20H20ClN3O3. The highest BCUT2D eigenvalue weighted by Crippen LogP contribution is 2.27. The van der Waals surface area contributed by atoms with Crippen molar-refractivity contribution in [3.8, 4) is 17.2 Å². The molecule has 6 nitrogen and oxygen atoms in total. The van der Waals surface area contributed by atoms with Crippen LogP contribution in [-0.4, -0.2) is 30.3 Å². The third kappa shape index (κ3) is 4.41. The van der Waals surface area contributed by atoms with E-state index in [9.17, 15) is 4.79 Å². The first-order valence-corrected chi connectivity index (χ1v) is 8.78. The summed E-state index contributed by atoms with van der Waals surface area (Å²) in [6.45, 7) is 0.558. The van der Waals surface area contributed by atoms with Crippen LogP contribution in [0.15, 0.2) is 59.7 Å². The molecule has 0 aliphatic rings. The Balaban J connectivity index is 1.71. The fourth-order valence-electron chi connectivity index (χ4n) is 2.70. The molecular weight excluding hydrogens is 366 g/mol. The lowest BCUT2D eigenvalue weighted by molar-refractivity contribution is 0.354. The van der Waals surface area contributed by atoms with Crippen molar-refractivity contribution >= 4 is 17.4 Å². The first kappa shape index (κ1) is 18.8. The Morgan fingerprint density at radius 1 is 1.07 bits per heavy atom. The van der Waals surface area contributed by atoms with Gasteiger partial charge >= 0.3 is 0 Å². The van der Waals surface area contributed by atoms with Crippen molar-refractivity contribution in [2.45, 2.75) is 6.42 Å². The number of ether oxygens (including phenoxy) is 2. The molecule has 1 N–H and O–H groups in total. The Morgan fingerprint density at radius 2 is 1.81 bits per heavy atom. The van der Waals surface area contributed by atoms with Crippen LogP contribution in [0.1, 0.15) is 5.56 Å². The molecule has 0 fully saturated rings. The molecule has 0 aliphatic carbocycles. The highest BCUT2D eigenvalue weighted by Gasteiger charge is 2.08. The molecule has 27 heavy (non-hydrogen) atoms. The van der Waals surface area contributed by atoms with Crippen LogP contribution >= 0.6 is 11.6 Å². The van der Waals surface area contributed by atoms with Crippen LogP contribution < -0.4 is 20.3 Å². The number of rotatable bonds is 7. The molecule has 0 bridgehead atoms. The predicted octanol–water partition coefficient (Wildman–Crippen LogP) is 3.56. The van der Waals surface area contributed by atoms with Gasteiger partial charge in [-0.2, -0.15) is 0 Å². The summed E-state index contributed by atoms with van der Waals surface area (Å²) in [6, 6.07) is 12.8. The predicted molar refractivity (Wildman–Crippen MR) is 107 cm³/mol. The van der Waals surface area contributed by atoms with Crippen molar-refractivity contribution in [3.63, 3.8) is 0 Å². The summed E-state index contributed by atoms with van der Waals surface area (Å²) in [7, 11) is 3.21. The summed E-state index contributed by atoms with van der Waals surface area (Å²) in [5, 5.41) is 3.73. The molecule has 0 saturated carbocycles. The molecule has 3 aromatic rings. The van der Waals surface area contributed by atoms with E-state index in [2.05, 4.69) is 10.3 Å². The van der Waals surface area contributed by atoms with Gasteiger partial charge in [-0.05, 0) is 48.4 Å². The fourth-order valence-corrected chi connectivity index (χ4v) is 2.83. The monoisotopic (exact) mass is 385 g/mol. The highest BCUT2D eigenvalue weighted by atomic mass is 35.5. The normalized spacial score (nSPS) is 10.5. The van der Waals surface area contributed by atoms with E-state index in [0.717, 1.165) is 11.3 Å². The van der Waals surface area contributed by atoms with Gasteiger partial charge < -0.3 is 14.8 Å². The number of anilines is 1. The minimum atomic E-state index is -0.216. The third-order valence-corrected chi connectivity index (χ3v) is 4.35. The van der Waals surface area contributed by atoms with Crippen LogP contribution in [0.25, 0.3) is 5.69 Å². The molecule has 0 atom stereocenters. The van der Waals surface area contributed by atoms with Crippen molar-refractivity contribution in [2.75, 3.05) is 26.1 Å². The molecule has 7 heteroatoms. The zero-order valence-electron chi connectivity index (χ0n) is 15.1. The van der Waals surface area contributed by atoms with E-state index in [0.29, 0.717) is 35.3 Å². The van der Waals surface area contributed by atoms with E-state index in [1.807, 2.05) is 18.2 Å². The van der Waals surface area contributed by atoms with Crippen LogP contribution in [0.2, 0.25) is 5.02 Å². The van der Waals surface area contributed by atoms with E-state index in [-0.39, 0.29) is 5.56 Å². The zero-order chi connectivity index (χ0) is 19.2. The Morgan fingerprint density at radius 3 is 2.52 bits per heavy atom. The molecule has 1 heterocycles. The Hall–Kier alpha value is -2.99. The number of nitrogens with zero attached hydrogens (tertiary/aromatic N) is 2. The molecule has 0 radical (unpaired) electrons. The first-order valence-electron chi connectivity index (χ1n) is 8.40. The van der Waals surface area contributed by atoms with Crippen LogP contribution in [0.3, 0.4) is 0 Å². The minimum Gasteiger partial charge on any atom is -0.493 e. The standard InChI is InChI=1S/C20H20ClN3O3/c1-26-17-8-3-14(13-18(17)27-2)9-10-22-19-20(25)24(12-11-23-19)16-6-4-15(21)5-7-16/h3-8,11-13H,9-10H2,1-2H3,(H,22,23). The Labute approximate surface area is 162 Å². The molecule has 0 aliphatic heterocycles. The van der Waals surface area contributed by atoms with Gasteiger partial charge in [0.1, 0.15) is 0 Å². The second-order valence-electron chi connectivity index (χ2n) is 5.79. The lowest BCUT2D eigenvalue weighted by Crippen LogP contribution is -2.24. The largest absolute Gasteiger partial charge is 0.493 e. The molecule has 2 aromatic carbocycles. The first-order chi connectivity index (χ1) is 13.1. The highest BCUT2D eigenvalue weighted by molar-refractivity contribution is 6.30. The van der Waals surface area contributed by atoms with E-state index < -0.39 is 0 Å². The average Bonchev–Trinajstić information content (AvgIpc) is 2.70. The number of aromatic nitrogens is 2. The van der Waals surface area contributed by atoms with Gasteiger partial charge in [0, 0.05) is 29.6 Å². The van der Waals surface area contributed by atoms with Crippen LogP contribution in [0.5, 0.6) is 11.5 Å². The number of methoxy groups -OCH3 is 2. The second kappa shape index (κ2) is 8.60. The molecule has 0 saturated heterocycles. The fraction of sp³-hybridized carbons (Fsp3) is 0.200. The summed E-state index contributed by atoms with van der Waals surface area (Å²) in [4.78, 5) is 16.8. The van der Waals surface area contributed by atoms with Crippen molar-refractivity contribution in [2.24, 2.45) is 0 Å². The van der Waals surface area contributed by atoms with E-state index in [1.165, 1.54) is 4.57 Å². The van der Waals surface area contributed by atoms with Crippen molar-refractivity contribution in [1.29, 1.82) is 0 Å². The molecule has 1 aromatic heterocycles. The maximum absolute atomic E-state index is 12.6. The van der Waals surface area contributed by atoms with Crippen LogP contribution in [0, 0.1) is 0 Å². The number of hydrogen-bond acceptors (Lipinski definition) is 5. The van der Waals surface area contributed by atoms with Gasteiger partial charge in [-0.1, -0.05) is 17.7 Å². The summed E-state index contributed by atoms with van der Waals surface area (Å²) in [6.07, 6.45) is 3.93. The van der Waals surface area contributed by atoms with Crippen LogP contribution in [0.4, 0.5) is 5.82 Å². The lowest BCUT2D eigenvalue weighted by atomic mass is 10.1. The maximum atomic E-state index is 12.6. The summed E-state index contributed by atoms with van der Waals surface area (Å²) < 4.78 is 12.1. The van der Waals surface area contributed by atoms with Gasteiger partial charge in [0.05, 0.1) is 14.2 Å². The van der Waals surface area contributed by atoms with Gasteiger partial charge in [0.15, 0.2) is 17.3 Å². The van der Waals surface area contributed by atoms with Gasteiger partial charge in [-0.3, -0.25) is 9.36 Å². The molecule has 140 valence electrons. The summed E-state index contributed by atoms with van der Waals surface area (Å²) in [5.41, 5.74) is 1.58. The van der Waals surface area contributed by atoms with Gasteiger partial charge in [-0.25, -0.2) is 4.98 Å². The van der Waals surface area contributed by atoms with Gasteiger partial charge in [0.25, 0.3) is 5.56 Å². The summed E-state index contributed by atoms with van der Waals surface area (Å²) in [5.74, 6) is 1.66. The molecule has 0 unspecified atom stereocenters. The molecule has 0 amide bonds. The van der Waals surface area contributed by atoms with Gasteiger partial charge in [0.2, 0.25) is 0 Å². The SMILES string of the molecule is COc1ccc(CCNc2nccn(-c3ccc(Cl)cc3)c2=O)cc1OC. The number of benzene rings is 2. The van der Waals surface area contributed by atoms with Crippen LogP contribution in [-0.2, 0) is 6.42 Å². The Kier molecular flexibility index (Phi) is 5.98. The van der Waals surface area contributed by atoms with E-state index in [1.54, 1.807) is 50.9 Å². The maximum Gasteiger partial charge on any atom is 0.297 e. The molecule has 3 rings (SSSR count). The minimum absolute atomic E-state index is 0.216. The number of nitrogens with one attached hydrogen (secondary N) is 1. The topological polar surface area (TPSA) is 65.4 Å². The Bertz CT molecular complexity index is 971. The van der Waals surface area contributed by atoms with Gasteiger partial charge in [-0.15, -0.1) is 0 Å². The van der Waals surface area contributed by atoms with Crippen molar-refractivity contribution in [1.82, 2.24) is 9.55 Å². The number of hydrogen-bond donors (Lipinski definition) is 1. The van der Waals surface area contributed by atoms with E-state index >= 15 is 0 Å². The van der Waals surface area contributed by atoms with Crippen molar-refractivity contribution in [3.05, 3.63) is 75.8 Å². The number of halogens is 1. The third-order valence-electron chi connectivity index (χ3n) is 4.10. The smallest absolute Gasteiger partial charge is 0.297 e.